The molecular weight excluding hydrogens is 785 g/mol. The lowest BCUT2D eigenvalue weighted by Crippen LogP contribution is -2.53. The van der Waals surface area contributed by atoms with Crippen LogP contribution in [-0.4, -0.2) is 136 Å². The molecule has 2 aliphatic heterocycles. The average molecular weight is 833 g/mol. The number of rotatable bonds is 8. The number of nitrogens with zero attached hydrogens (tertiary/aromatic N) is 8. The first kappa shape index (κ1) is 39.5. The molecule has 6 aromatic rings. The van der Waals surface area contributed by atoms with Crippen LogP contribution in [-0.2, 0) is 23.7 Å². The Kier molecular flexibility index (Phi) is 9.60. The molecule has 4 aromatic carbocycles. The summed E-state index contributed by atoms with van der Waals surface area (Å²) in [6.45, 7) is 3.07. The van der Waals surface area contributed by atoms with Gasteiger partial charge in [-0.25, -0.2) is 4.98 Å². The van der Waals surface area contributed by atoms with Gasteiger partial charge in [-0.3, -0.25) is 23.9 Å². The number of aromatic nitrogens is 4. The van der Waals surface area contributed by atoms with E-state index in [1.54, 1.807) is 24.3 Å². The maximum atomic E-state index is 13.8. The number of benzene rings is 4. The summed E-state index contributed by atoms with van der Waals surface area (Å²) in [6.07, 6.45) is 5.10. The maximum absolute atomic E-state index is 13.8. The van der Waals surface area contributed by atoms with Gasteiger partial charge in [0, 0.05) is 89.3 Å². The lowest BCUT2D eigenvalue weighted by atomic mass is 10.0. The fourth-order valence-electron chi connectivity index (χ4n) is 9.03. The SMILES string of the molecule is Cn1cc(-c2ccc(-c3ccc(C(=O)N4CCN(C(=O)C5(O)CC5c5nc6cc(-c7ccc(C(=O)N8CCN(C(=O)C9(O)CC9)CC8)cc7)ccc6n5C)CC4)cc3)cc2)cn1. The van der Waals surface area contributed by atoms with E-state index < -0.39 is 17.1 Å². The van der Waals surface area contributed by atoms with Gasteiger partial charge in [-0.1, -0.05) is 54.6 Å². The van der Waals surface area contributed by atoms with Crippen LogP contribution in [0.15, 0.2) is 103 Å². The van der Waals surface area contributed by atoms with Crippen molar-refractivity contribution in [1.82, 2.24) is 38.9 Å². The van der Waals surface area contributed by atoms with Crippen molar-refractivity contribution in [3.8, 4) is 33.4 Å². The normalized spacial score (nSPS) is 20.7. The number of hydrogen-bond acceptors (Lipinski definition) is 8. The Labute approximate surface area is 358 Å². The summed E-state index contributed by atoms with van der Waals surface area (Å²) in [5.41, 5.74) is 6.05. The summed E-state index contributed by atoms with van der Waals surface area (Å²) < 4.78 is 3.72. The third kappa shape index (κ3) is 7.12. The highest BCUT2D eigenvalue weighted by Gasteiger charge is 2.63. The van der Waals surface area contributed by atoms with Crippen molar-refractivity contribution in [2.45, 2.75) is 36.4 Å². The van der Waals surface area contributed by atoms with Crippen LogP contribution in [0.25, 0.3) is 44.4 Å². The molecule has 2 saturated heterocycles. The summed E-state index contributed by atoms with van der Waals surface area (Å²) in [6, 6.07) is 29.3. The molecule has 316 valence electrons. The van der Waals surface area contributed by atoms with Gasteiger partial charge in [0.15, 0.2) is 5.60 Å². The molecule has 2 unspecified atom stereocenters. The highest BCUT2D eigenvalue weighted by atomic mass is 16.3. The van der Waals surface area contributed by atoms with Crippen LogP contribution in [0.3, 0.4) is 0 Å². The smallest absolute Gasteiger partial charge is 0.255 e. The molecular formula is C48H48N8O6. The first-order chi connectivity index (χ1) is 29.9. The Morgan fingerprint density at radius 1 is 0.581 bits per heavy atom. The van der Waals surface area contributed by atoms with Crippen molar-refractivity contribution in [1.29, 1.82) is 0 Å². The quantitative estimate of drug-likeness (QED) is 0.230. The number of imidazole rings is 1. The summed E-state index contributed by atoms with van der Waals surface area (Å²) in [7, 11) is 3.79. The zero-order chi connectivity index (χ0) is 42.9. The van der Waals surface area contributed by atoms with E-state index in [1.807, 2.05) is 97.8 Å². The third-order valence-electron chi connectivity index (χ3n) is 13.2. The third-order valence-corrected chi connectivity index (χ3v) is 13.2. The molecule has 62 heavy (non-hydrogen) atoms. The highest BCUT2D eigenvalue weighted by Crippen LogP contribution is 2.52. The molecule has 4 aliphatic rings. The lowest BCUT2D eigenvalue weighted by Gasteiger charge is -2.36. The van der Waals surface area contributed by atoms with Crippen LogP contribution in [0.2, 0.25) is 0 Å². The number of aliphatic hydroxyl groups is 2. The fraction of sp³-hybridized carbons (Fsp3) is 0.333. The standard InChI is InChI=1S/C48H48N8O6/c1-51-30-38(29-49-51)34-5-3-31(4-6-34)32-7-11-35(12-8-32)43(57)54-21-25-56(26-22-54)46(60)48(62)28-39(48)42-50-40-27-37(15-16-41(40)52(42)2)33-9-13-36(14-10-33)44(58)53-19-23-55(24-20-53)45(59)47(61)17-18-47/h3-16,27,29-30,39,61-62H,17-26,28H2,1-2H3. The zero-order valence-corrected chi connectivity index (χ0v) is 34.8. The van der Waals surface area contributed by atoms with E-state index in [9.17, 15) is 29.4 Å². The average Bonchev–Trinajstić information content (AvgIpc) is 4.14. The molecule has 0 bridgehead atoms. The fourth-order valence-corrected chi connectivity index (χ4v) is 9.03. The molecule has 0 radical (unpaired) electrons. The van der Waals surface area contributed by atoms with Crippen LogP contribution in [0, 0.1) is 0 Å². The van der Waals surface area contributed by atoms with E-state index in [4.69, 9.17) is 4.98 Å². The van der Waals surface area contributed by atoms with Crippen LogP contribution in [0.1, 0.15) is 51.7 Å². The highest BCUT2D eigenvalue weighted by molar-refractivity contribution is 5.96. The number of fused-ring (bicyclic) bond motifs is 1. The summed E-state index contributed by atoms with van der Waals surface area (Å²) in [5.74, 6) is -0.553. The number of piperazine rings is 2. The van der Waals surface area contributed by atoms with Gasteiger partial charge >= 0.3 is 0 Å². The second-order valence-electron chi connectivity index (χ2n) is 17.2. The van der Waals surface area contributed by atoms with Crippen molar-refractivity contribution >= 4 is 34.7 Å². The lowest BCUT2D eigenvalue weighted by molar-refractivity contribution is -0.144. The van der Waals surface area contributed by atoms with E-state index in [2.05, 4.69) is 29.4 Å². The Bertz CT molecular complexity index is 2720. The first-order valence-electron chi connectivity index (χ1n) is 21.3. The number of carbonyl (C=O) groups is 4. The van der Waals surface area contributed by atoms with Gasteiger partial charge in [0.1, 0.15) is 11.4 Å². The van der Waals surface area contributed by atoms with Crippen LogP contribution < -0.4 is 0 Å². The molecule has 2 atom stereocenters. The van der Waals surface area contributed by atoms with E-state index >= 15 is 0 Å². The minimum Gasteiger partial charge on any atom is -0.380 e. The molecule has 10 rings (SSSR count). The molecule has 4 heterocycles. The van der Waals surface area contributed by atoms with Crippen molar-refractivity contribution in [3.63, 3.8) is 0 Å². The van der Waals surface area contributed by atoms with Crippen molar-refractivity contribution < 1.29 is 29.4 Å². The summed E-state index contributed by atoms with van der Waals surface area (Å²) >= 11 is 0. The van der Waals surface area contributed by atoms with Gasteiger partial charge < -0.3 is 34.4 Å². The number of aryl methyl sites for hydroxylation is 2. The van der Waals surface area contributed by atoms with E-state index in [0.717, 1.165) is 44.4 Å². The summed E-state index contributed by atoms with van der Waals surface area (Å²) in [5, 5.41) is 26.1. The molecule has 2 aliphatic carbocycles. The number of amides is 4. The molecule has 14 nitrogen and oxygen atoms in total. The topological polar surface area (TPSA) is 157 Å². The second-order valence-corrected chi connectivity index (χ2v) is 17.2. The molecule has 4 fully saturated rings. The predicted octanol–water partition coefficient (Wildman–Crippen LogP) is 4.32. The second kappa shape index (κ2) is 15.1. The van der Waals surface area contributed by atoms with Crippen molar-refractivity contribution in [3.05, 3.63) is 120 Å². The molecule has 2 aromatic heterocycles. The predicted molar refractivity (Wildman–Crippen MR) is 232 cm³/mol. The Balaban J connectivity index is 0.737. The van der Waals surface area contributed by atoms with Crippen molar-refractivity contribution in [2.24, 2.45) is 14.1 Å². The minimum absolute atomic E-state index is 0.0858. The Hall–Kier alpha value is -6.64. The number of carbonyl (C=O) groups excluding carboxylic acids is 4. The monoisotopic (exact) mass is 832 g/mol. The van der Waals surface area contributed by atoms with Crippen molar-refractivity contribution in [2.75, 3.05) is 52.4 Å². The zero-order valence-electron chi connectivity index (χ0n) is 34.8. The first-order valence-corrected chi connectivity index (χ1v) is 21.3. The van der Waals surface area contributed by atoms with E-state index in [-0.39, 0.29) is 30.0 Å². The minimum atomic E-state index is -1.56. The summed E-state index contributed by atoms with van der Waals surface area (Å²) in [4.78, 5) is 64.8. The molecule has 2 N–H and O–H groups in total. The molecule has 14 heteroatoms. The van der Waals surface area contributed by atoms with Gasteiger partial charge in [-0.15, -0.1) is 0 Å². The van der Waals surface area contributed by atoms with Gasteiger partial charge in [0.2, 0.25) is 0 Å². The van der Waals surface area contributed by atoms with Crippen LogP contribution >= 0.6 is 0 Å². The van der Waals surface area contributed by atoms with E-state index in [0.29, 0.717) is 82.2 Å². The van der Waals surface area contributed by atoms with Gasteiger partial charge in [-0.2, -0.15) is 5.10 Å². The van der Waals surface area contributed by atoms with Gasteiger partial charge in [-0.05, 0) is 83.5 Å². The van der Waals surface area contributed by atoms with Crippen LogP contribution in [0.5, 0.6) is 0 Å². The van der Waals surface area contributed by atoms with E-state index in [1.165, 1.54) is 0 Å². The number of hydrogen-bond donors (Lipinski definition) is 2. The van der Waals surface area contributed by atoms with Gasteiger partial charge in [0.25, 0.3) is 23.6 Å². The van der Waals surface area contributed by atoms with Gasteiger partial charge in [0.05, 0.1) is 23.1 Å². The molecule has 0 spiro atoms. The Morgan fingerprint density at radius 2 is 1.03 bits per heavy atom. The van der Waals surface area contributed by atoms with Crippen LogP contribution in [0.4, 0.5) is 0 Å². The maximum Gasteiger partial charge on any atom is 0.255 e. The molecule has 4 amide bonds. The largest absolute Gasteiger partial charge is 0.380 e. The Morgan fingerprint density at radius 3 is 1.53 bits per heavy atom. The molecule has 2 saturated carbocycles.